The number of aliphatic hydroxyl groups is 1. The number of aromatic amines is 1. The normalized spacial score (nSPS) is 9.92. The maximum atomic E-state index is 11.1. The number of aliphatic hydroxyl groups excluding tert-OH is 1. The molecule has 0 fully saturated rings. The third-order valence-corrected chi connectivity index (χ3v) is 1.57. The minimum atomic E-state index is -0.0577. The first kappa shape index (κ1) is 9.73. The van der Waals surface area contributed by atoms with Crippen molar-refractivity contribution >= 4 is 5.91 Å². The summed E-state index contributed by atoms with van der Waals surface area (Å²) >= 11 is 0. The van der Waals surface area contributed by atoms with Gasteiger partial charge in [-0.25, -0.2) is 0 Å². The first-order chi connectivity index (χ1) is 6.33. The second kappa shape index (κ2) is 5.31. The third-order valence-electron chi connectivity index (χ3n) is 1.57. The zero-order valence-electron chi connectivity index (χ0n) is 7.29. The molecular formula is C8H13N3O2. The molecule has 1 heterocycles. The van der Waals surface area contributed by atoms with E-state index < -0.39 is 0 Å². The molecule has 1 aromatic rings. The Hall–Kier alpha value is -1.36. The summed E-state index contributed by atoms with van der Waals surface area (Å²) < 4.78 is 0. The lowest BCUT2D eigenvalue weighted by Crippen LogP contribution is -2.26. The van der Waals surface area contributed by atoms with Crippen molar-refractivity contribution in [1.82, 2.24) is 15.5 Å². The predicted molar refractivity (Wildman–Crippen MR) is 47.0 cm³/mol. The molecule has 72 valence electrons. The fourth-order valence-electron chi connectivity index (χ4n) is 0.925. The van der Waals surface area contributed by atoms with E-state index in [-0.39, 0.29) is 12.5 Å². The van der Waals surface area contributed by atoms with Gasteiger partial charge in [0.25, 0.3) is 0 Å². The van der Waals surface area contributed by atoms with Gasteiger partial charge < -0.3 is 10.4 Å². The minimum absolute atomic E-state index is 0.0577. The average molecular weight is 183 g/mol. The van der Waals surface area contributed by atoms with Crippen molar-refractivity contribution in [3.63, 3.8) is 0 Å². The molecule has 0 atom stereocenters. The number of aromatic nitrogens is 2. The van der Waals surface area contributed by atoms with Crippen LogP contribution in [0.15, 0.2) is 12.3 Å². The van der Waals surface area contributed by atoms with Crippen molar-refractivity contribution in [3.05, 3.63) is 18.0 Å². The van der Waals surface area contributed by atoms with Crippen LogP contribution in [-0.4, -0.2) is 34.4 Å². The van der Waals surface area contributed by atoms with Crippen LogP contribution < -0.4 is 5.32 Å². The van der Waals surface area contributed by atoms with E-state index in [1.54, 1.807) is 12.3 Å². The summed E-state index contributed by atoms with van der Waals surface area (Å²) in [6.45, 7) is 0.619. The molecule has 0 aliphatic rings. The van der Waals surface area contributed by atoms with Gasteiger partial charge in [0.2, 0.25) is 5.91 Å². The molecule has 1 aromatic heterocycles. The molecule has 0 aliphatic heterocycles. The summed E-state index contributed by atoms with van der Waals surface area (Å²) in [7, 11) is 0. The van der Waals surface area contributed by atoms with Crippen molar-refractivity contribution in [3.8, 4) is 0 Å². The Morgan fingerprint density at radius 1 is 1.69 bits per heavy atom. The van der Waals surface area contributed by atoms with E-state index in [9.17, 15) is 4.79 Å². The Labute approximate surface area is 76.2 Å². The number of carbonyl (C=O) groups excluding carboxylic acids is 1. The van der Waals surface area contributed by atoms with E-state index in [4.69, 9.17) is 5.11 Å². The quantitative estimate of drug-likeness (QED) is 0.536. The maximum absolute atomic E-state index is 11.1. The highest BCUT2D eigenvalue weighted by Crippen LogP contribution is 1.92. The number of hydrogen-bond acceptors (Lipinski definition) is 3. The van der Waals surface area contributed by atoms with Gasteiger partial charge in [-0.1, -0.05) is 0 Å². The molecule has 0 saturated heterocycles. The maximum Gasteiger partial charge on any atom is 0.225 e. The highest BCUT2D eigenvalue weighted by atomic mass is 16.3. The lowest BCUT2D eigenvalue weighted by Gasteiger charge is -2.01. The molecule has 13 heavy (non-hydrogen) atoms. The fraction of sp³-hybridized carbons (Fsp3) is 0.500. The molecule has 1 rings (SSSR count). The smallest absolute Gasteiger partial charge is 0.225 e. The van der Waals surface area contributed by atoms with E-state index in [2.05, 4.69) is 15.5 Å². The van der Waals surface area contributed by atoms with Crippen LogP contribution >= 0.6 is 0 Å². The number of amides is 1. The van der Waals surface area contributed by atoms with E-state index in [1.165, 1.54) is 0 Å². The Kier molecular flexibility index (Phi) is 3.98. The van der Waals surface area contributed by atoms with Crippen molar-refractivity contribution in [2.75, 3.05) is 13.2 Å². The first-order valence-corrected chi connectivity index (χ1v) is 4.18. The van der Waals surface area contributed by atoms with Crippen molar-refractivity contribution in [1.29, 1.82) is 0 Å². The van der Waals surface area contributed by atoms with Crippen LogP contribution in [0.4, 0.5) is 0 Å². The van der Waals surface area contributed by atoms with E-state index in [0.29, 0.717) is 19.4 Å². The summed E-state index contributed by atoms with van der Waals surface area (Å²) in [5, 5.41) is 17.6. The molecular weight excluding hydrogens is 170 g/mol. The minimum Gasteiger partial charge on any atom is -0.396 e. The third kappa shape index (κ3) is 3.71. The van der Waals surface area contributed by atoms with Crippen LogP contribution in [0.2, 0.25) is 0 Å². The molecule has 1 amide bonds. The topological polar surface area (TPSA) is 78.0 Å². The summed E-state index contributed by atoms with van der Waals surface area (Å²) in [5.74, 6) is -0.0577. The van der Waals surface area contributed by atoms with Crippen molar-refractivity contribution in [2.45, 2.75) is 12.8 Å². The number of nitrogens with one attached hydrogen (secondary N) is 2. The predicted octanol–water partition coefficient (Wildman–Crippen LogP) is -0.549. The molecule has 5 nitrogen and oxygen atoms in total. The molecule has 0 aromatic carbocycles. The number of carbonyl (C=O) groups is 1. The van der Waals surface area contributed by atoms with E-state index >= 15 is 0 Å². The summed E-state index contributed by atoms with van der Waals surface area (Å²) in [6, 6.07) is 1.76. The van der Waals surface area contributed by atoms with Gasteiger partial charge in [-0.05, 0) is 12.5 Å². The van der Waals surface area contributed by atoms with Gasteiger partial charge in [0.1, 0.15) is 0 Å². The standard InChI is InChI=1S/C8H13N3O2/c12-5-1-3-9-8(13)6-7-2-4-10-11-7/h2,4,12H,1,3,5-6H2,(H,9,13)(H,10,11). The molecule has 0 aliphatic carbocycles. The number of nitrogens with zero attached hydrogens (tertiary/aromatic N) is 1. The molecule has 0 bridgehead atoms. The summed E-state index contributed by atoms with van der Waals surface area (Å²) in [6.07, 6.45) is 2.51. The van der Waals surface area contributed by atoms with E-state index in [1.807, 2.05) is 0 Å². The van der Waals surface area contributed by atoms with E-state index in [0.717, 1.165) is 5.69 Å². The van der Waals surface area contributed by atoms with Crippen LogP contribution in [0.1, 0.15) is 12.1 Å². The van der Waals surface area contributed by atoms with Crippen LogP contribution in [0.5, 0.6) is 0 Å². The molecule has 0 unspecified atom stereocenters. The van der Waals surface area contributed by atoms with Gasteiger partial charge in [0, 0.05) is 25.0 Å². The van der Waals surface area contributed by atoms with Crippen LogP contribution in [0.3, 0.4) is 0 Å². The highest BCUT2D eigenvalue weighted by molar-refractivity contribution is 5.77. The molecule has 0 spiro atoms. The molecule has 3 N–H and O–H groups in total. The second-order valence-corrected chi connectivity index (χ2v) is 2.69. The number of rotatable bonds is 5. The Balaban J connectivity index is 2.18. The Morgan fingerprint density at radius 2 is 2.54 bits per heavy atom. The van der Waals surface area contributed by atoms with Gasteiger partial charge in [-0.3, -0.25) is 9.89 Å². The Morgan fingerprint density at radius 3 is 3.15 bits per heavy atom. The molecule has 0 radical (unpaired) electrons. The van der Waals surface area contributed by atoms with Crippen molar-refractivity contribution < 1.29 is 9.90 Å². The molecule has 5 heteroatoms. The zero-order valence-corrected chi connectivity index (χ0v) is 7.29. The van der Waals surface area contributed by atoms with Gasteiger partial charge >= 0.3 is 0 Å². The summed E-state index contributed by atoms with van der Waals surface area (Å²) in [5.41, 5.74) is 0.793. The van der Waals surface area contributed by atoms with Gasteiger partial charge in [0.15, 0.2) is 0 Å². The Bertz CT molecular complexity index is 246. The first-order valence-electron chi connectivity index (χ1n) is 4.18. The monoisotopic (exact) mass is 183 g/mol. The molecule has 0 saturated carbocycles. The van der Waals surface area contributed by atoms with Crippen LogP contribution in [0.25, 0.3) is 0 Å². The van der Waals surface area contributed by atoms with Crippen LogP contribution in [0, 0.1) is 0 Å². The number of H-pyrrole nitrogens is 1. The van der Waals surface area contributed by atoms with Gasteiger partial charge in [-0.2, -0.15) is 5.10 Å². The second-order valence-electron chi connectivity index (χ2n) is 2.69. The SMILES string of the molecule is O=C(Cc1ccn[nH]1)NCCCO. The van der Waals surface area contributed by atoms with Gasteiger partial charge in [0.05, 0.1) is 6.42 Å². The summed E-state index contributed by atoms with van der Waals surface area (Å²) in [4.78, 5) is 11.1. The lowest BCUT2D eigenvalue weighted by molar-refractivity contribution is -0.120. The zero-order chi connectivity index (χ0) is 9.52. The highest BCUT2D eigenvalue weighted by Gasteiger charge is 2.02. The van der Waals surface area contributed by atoms with Crippen LogP contribution in [-0.2, 0) is 11.2 Å². The fourth-order valence-corrected chi connectivity index (χ4v) is 0.925. The largest absolute Gasteiger partial charge is 0.396 e. The van der Waals surface area contributed by atoms with Crippen molar-refractivity contribution in [2.24, 2.45) is 0 Å². The number of hydrogen-bond donors (Lipinski definition) is 3. The lowest BCUT2D eigenvalue weighted by atomic mass is 10.3. The average Bonchev–Trinajstić information content (AvgIpc) is 2.57. The van der Waals surface area contributed by atoms with Gasteiger partial charge in [-0.15, -0.1) is 0 Å².